The summed E-state index contributed by atoms with van der Waals surface area (Å²) in [5, 5.41) is 4.01. The highest BCUT2D eigenvalue weighted by molar-refractivity contribution is 6.08. The number of aromatic nitrogens is 2. The van der Waals surface area contributed by atoms with Gasteiger partial charge < -0.3 is 24.7 Å². The summed E-state index contributed by atoms with van der Waals surface area (Å²) >= 11 is 0. The minimum Gasteiger partial charge on any atom is -0.493 e. The molecule has 2 aromatic carbocycles. The molecule has 0 unspecified atom stereocenters. The summed E-state index contributed by atoms with van der Waals surface area (Å²) in [6, 6.07) is 14.6. The van der Waals surface area contributed by atoms with Crippen LogP contribution in [0.5, 0.6) is 11.5 Å². The topological polar surface area (TPSA) is 96.6 Å². The number of nitrogens with one attached hydrogen (secondary N) is 2. The van der Waals surface area contributed by atoms with Crippen molar-refractivity contribution in [1.82, 2.24) is 20.2 Å². The van der Waals surface area contributed by atoms with Gasteiger partial charge in [-0.05, 0) is 68.5 Å². The smallest absolute Gasteiger partial charge is 0.256 e. The van der Waals surface area contributed by atoms with E-state index in [1.54, 1.807) is 24.4 Å². The van der Waals surface area contributed by atoms with Crippen LogP contribution in [-0.2, 0) is 17.9 Å². The molecule has 3 heterocycles. The van der Waals surface area contributed by atoms with E-state index in [1.165, 1.54) is 0 Å². The van der Waals surface area contributed by atoms with Crippen molar-refractivity contribution in [3.63, 3.8) is 0 Å². The summed E-state index contributed by atoms with van der Waals surface area (Å²) in [5.41, 5.74) is 5.27. The molecule has 0 radical (unpaired) electrons. The van der Waals surface area contributed by atoms with Crippen molar-refractivity contribution < 1.29 is 19.1 Å². The number of carbonyl (C=O) groups excluding carboxylic acids is 2. The molecule has 1 atom stereocenters. The second kappa shape index (κ2) is 11.6. The zero-order chi connectivity index (χ0) is 27.4. The third-order valence-electron chi connectivity index (χ3n) is 7.42. The van der Waals surface area contributed by atoms with Crippen molar-refractivity contribution >= 4 is 22.7 Å². The molecule has 0 saturated carbocycles. The van der Waals surface area contributed by atoms with Gasteiger partial charge in [-0.1, -0.05) is 24.3 Å². The molecule has 1 aliphatic heterocycles. The van der Waals surface area contributed by atoms with Crippen LogP contribution in [0.15, 0.2) is 60.9 Å². The summed E-state index contributed by atoms with van der Waals surface area (Å²) in [5.74, 6) is 0.857. The van der Waals surface area contributed by atoms with E-state index in [0.717, 1.165) is 46.1 Å². The molecule has 8 heteroatoms. The van der Waals surface area contributed by atoms with Gasteiger partial charge in [-0.2, -0.15) is 0 Å². The van der Waals surface area contributed by atoms with E-state index in [1.807, 2.05) is 62.4 Å². The number of H-pyrrole nitrogens is 1. The van der Waals surface area contributed by atoms with E-state index in [0.29, 0.717) is 36.6 Å². The van der Waals surface area contributed by atoms with Crippen LogP contribution in [0.25, 0.3) is 10.9 Å². The molecule has 4 aromatic rings. The number of methoxy groups -OCH3 is 1. The molecular weight excluding hydrogens is 492 g/mol. The predicted octanol–water partition coefficient (Wildman–Crippen LogP) is 5.08. The summed E-state index contributed by atoms with van der Waals surface area (Å²) in [4.78, 5) is 36.6. The number of pyridine rings is 1. The molecule has 0 spiro atoms. The van der Waals surface area contributed by atoms with Crippen LogP contribution in [0.3, 0.4) is 0 Å². The molecule has 5 rings (SSSR count). The van der Waals surface area contributed by atoms with Gasteiger partial charge in [0.25, 0.3) is 5.91 Å². The van der Waals surface area contributed by atoms with E-state index < -0.39 is 6.04 Å². The van der Waals surface area contributed by atoms with Gasteiger partial charge in [0.1, 0.15) is 12.6 Å². The molecule has 1 saturated heterocycles. The fraction of sp³-hybridized carbons (Fsp3) is 0.323. The van der Waals surface area contributed by atoms with Crippen molar-refractivity contribution in [2.45, 2.75) is 52.3 Å². The number of rotatable bonds is 8. The van der Waals surface area contributed by atoms with Gasteiger partial charge in [-0.25, -0.2) is 0 Å². The van der Waals surface area contributed by atoms with Crippen molar-refractivity contribution in [2.75, 3.05) is 13.7 Å². The second-order valence-electron chi connectivity index (χ2n) is 9.97. The molecule has 8 nitrogen and oxygen atoms in total. The van der Waals surface area contributed by atoms with Gasteiger partial charge in [0.05, 0.1) is 18.2 Å². The van der Waals surface area contributed by atoms with E-state index >= 15 is 0 Å². The van der Waals surface area contributed by atoms with Gasteiger partial charge in [-0.3, -0.25) is 14.6 Å². The van der Waals surface area contributed by atoms with Crippen LogP contribution in [0.1, 0.15) is 52.0 Å². The molecule has 0 bridgehead atoms. The minimum absolute atomic E-state index is 0.117. The fourth-order valence-corrected chi connectivity index (χ4v) is 5.13. The summed E-state index contributed by atoms with van der Waals surface area (Å²) < 4.78 is 11.6. The quantitative estimate of drug-likeness (QED) is 0.334. The largest absolute Gasteiger partial charge is 0.493 e. The first-order valence-electron chi connectivity index (χ1n) is 13.3. The summed E-state index contributed by atoms with van der Waals surface area (Å²) in [6.07, 6.45) is 5.84. The van der Waals surface area contributed by atoms with Crippen LogP contribution in [0.2, 0.25) is 0 Å². The average molecular weight is 527 g/mol. The van der Waals surface area contributed by atoms with Crippen LogP contribution < -0.4 is 14.8 Å². The van der Waals surface area contributed by atoms with Gasteiger partial charge in [-0.15, -0.1) is 0 Å². The lowest BCUT2D eigenvalue weighted by Crippen LogP contribution is -2.48. The van der Waals surface area contributed by atoms with Crippen molar-refractivity contribution in [3.05, 3.63) is 88.9 Å². The number of carbonyl (C=O) groups is 2. The fourth-order valence-electron chi connectivity index (χ4n) is 5.13. The molecule has 2 N–H and O–H groups in total. The lowest BCUT2D eigenvalue weighted by molar-refractivity contribution is -0.125. The molecule has 2 amide bonds. The van der Waals surface area contributed by atoms with Crippen LogP contribution >= 0.6 is 0 Å². The number of aromatic amines is 1. The molecule has 2 aromatic heterocycles. The predicted molar refractivity (Wildman–Crippen MR) is 150 cm³/mol. The summed E-state index contributed by atoms with van der Waals surface area (Å²) in [7, 11) is 1.60. The first kappa shape index (κ1) is 26.3. The van der Waals surface area contributed by atoms with Crippen LogP contribution in [-0.4, -0.2) is 46.4 Å². The van der Waals surface area contributed by atoms with Gasteiger partial charge in [0, 0.05) is 42.1 Å². The Morgan fingerprint density at radius 1 is 1.08 bits per heavy atom. The maximum Gasteiger partial charge on any atom is 0.256 e. The van der Waals surface area contributed by atoms with Crippen molar-refractivity contribution in [2.24, 2.45) is 0 Å². The number of hydrogen-bond acceptors (Lipinski definition) is 5. The lowest BCUT2D eigenvalue weighted by Gasteiger charge is -2.30. The van der Waals surface area contributed by atoms with Crippen molar-refractivity contribution in [1.29, 1.82) is 0 Å². The third-order valence-corrected chi connectivity index (χ3v) is 7.42. The Hall–Kier alpha value is -4.33. The first-order chi connectivity index (χ1) is 19.0. The molecular formula is C31H34N4O4. The second-order valence-corrected chi connectivity index (χ2v) is 9.97. The molecule has 202 valence electrons. The number of aryl methyl sites for hydroxylation is 2. The molecule has 1 fully saturated rings. The Morgan fingerprint density at radius 2 is 1.95 bits per heavy atom. The Labute approximate surface area is 228 Å². The van der Waals surface area contributed by atoms with E-state index in [-0.39, 0.29) is 18.4 Å². The highest BCUT2D eigenvalue weighted by Crippen LogP contribution is 2.31. The zero-order valence-corrected chi connectivity index (χ0v) is 22.6. The number of para-hydroxylation sites is 1. The van der Waals surface area contributed by atoms with Crippen LogP contribution in [0, 0.1) is 13.8 Å². The number of hydrogen-bond donors (Lipinski definition) is 2. The van der Waals surface area contributed by atoms with Gasteiger partial charge >= 0.3 is 0 Å². The Kier molecular flexibility index (Phi) is 7.81. The maximum atomic E-state index is 14.2. The van der Waals surface area contributed by atoms with Crippen molar-refractivity contribution in [3.8, 4) is 11.5 Å². The summed E-state index contributed by atoms with van der Waals surface area (Å²) in [6.45, 7) is 5.25. The van der Waals surface area contributed by atoms with E-state index in [2.05, 4.69) is 15.3 Å². The Bertz CT molecular complexity index is 1480. The number of fused-ring (bicyclic) bond motifs is 1. The number of benzene rings is 2. The molecule has 1 aliphatic rings. The monoisotopic (exact) mass is 526 g/mol. The van der Waals surface area contributed by atoms with E-state index in [9.17, 15) is 9.59 Å². The number of nitrogens with zero attached hydrogens (tertiary/aromatic N) is 2. The Balaban J connectivity index is 1.49. The number of amides is 2. The number of ether oxygens (including phenoxy) is 2. The lowest BCUT2D eigenvalue weighted by atomic mass is 10.0. The average Bonchev–Trinajstić information content (AvgIpc) is 3.10. The van der Waals surface area contributed by atoms with Gasteiger partial charge in [0.15, 0.2) is 11.5 Å². The van der Waals surface area contributed by atoms with Gasteiger partial charge in [0.2, 0.25) is 5.91 Å². The normalized spacial score (nSPS) is 15.5. The first-order valence-corrected chi connectivity index (χ1v) is 13.3. The minimum atomic E-state index is -0.575. The highest BCUT2D eigenvalue weighted by atomic mass is 16.5. The Morgan fingerprint density at radius 3 is 2.74 bits per heavy atom. The van der Waals surface area contributed by atoms with Crippen LogP contribution in [0.4, 0.5) is 0 Å². The SMILES string of the molecule is COc1ccc(CN(C(=O)c2cccc3c(C)c(C)[nH]c23)[C@H]2CCCCNC2=O)cc1OCc1cccnc1. The highest BCUT2D eigenvalue weighted by Gasteiger charge is 2.32. The standard InChI is InChI=1S/C31H34N4O4/c1-20-21(2)34-29-24(20)9-6-10-25(29)31(37)35(26-11-4-5-15-33-30(26)36)18-22-12-13-27(38-3)28(16-22)39-19-23-8-7-14-32-17-23/h6-10,12-14,16-17,26,34H,4-5,11,15,18-19H2,1-3H3,(H,33,36)/t26-/m0/s1. The van der Waals surface area contributed by atoms with E-state index in [4.69, 9.17) is 9.47 Å². The maximum absolute atomic E-state index is 14.2. The molecule has 39 heavy (non-hydrogen) atoms. The molecule has 0 aliphatic carbocycles. The third kappa shape index (κ3) is 5.60. The zero-order valence-electron chi connectivity index (χ0n) is 22.6.